The Bertz CT molecular complexity index is 440. The Hall–Kier alpha value is -1.40. The highest BCUT2D eigenvalue weighted by molar-refractivity contribution is 5.47. The molecule has 0 spiro atoms. The Morgan fingerprint density at radius 2 is 2.15 bits per heavy atom. The van der Waals surface area contributed by atoms with Gasteiger partial charge in [-0.3, -0.25) is 4.90 Å². The van der Waals surface area contributed by atoms with Crippen LogP contribution >= 0.6 is 0 Å². The minimum atomic E-state index is 0.416. The zero-order valence-corrected chi connectivity index (χ0v) is 12.7. The quantitative estimate of drug-likeness (QED) is 0.871. The first-order valence-electron chi connectivity index (χ1n) is 7.30. The summed E-state index contributed by atoms with van der Waals surface area (Å²) in [6, 6.07) is 2.42. The van der Waals surface area contributed by atoms with Crippen LogP contribution in [0.2, 0.25) is 0 Å². The van der Waals surface area contributed by atoms with Crippen molar-refractivity contribution in [2.24, 2.45) is 0 Å². The molecule has 6 nitrogen and oxygen atoms in total. The van der Waals surface area contributed by atoms with Crippen molar-refractivity contribution in [3.63, 3.8) is 0 Å². The van der Waals surface area contributed by atoms with Crippen LogP contribution in [0, 0.1) is 0 Å². The highest BCUT2D eigenvalue weighted by Crippen LogP contribution is 2.19. The van der Waals surface area contributed by atoms with E-state index in [1.807, 2.05) is 13.0 Å². The van der Waals surface area contributed by atoms with Crippen molar-refractivity contribution in [3.05, 3.63) is 11.9 Å². The average Bonchev–Trinajstić information content (AvgIpc) is 2.45. The number of anilines is 2. The summed E-state index contributed by atoms with van der Waals surface area (Å²) < 4.78 is 5.37. The molecule has 0 amide bonds. The summed E-state index contributed by atoms with van der Waals surface area (Å²) in [4.78, 5) is 13.5. The zero-order chi connectivity index (χ0) is 14.5. The summed E-state index contributed by atoms with van der Waals surface area (Å²) >= 11 is 0. The Morgan fingerprint density at radius 1 is 1.35 bits per heavy atom. The molecule has 1 aliphatic heterocycles. The smallest absolute Gasteiger partial charge is 0.158 e. The largest absolute Gasteiger partial charge is 0.384 e. The SMILES string of the molecule is CCOCc1nc(N)cc(N2CCN(C)C(CC)C2)n1. The van der Waals surface area contributed by atoms with E-state index in [4.69, 9.17) is 10.5 Å². The van der Waals surface area contributed by atoms with Gasteiger partial charge >= 0.3 is 0 Å². The Morgan fingerprint density at radius 3 is 2.85 bits per heavy atom. The van der Waals surface area contributed by atoms with Crippen LogP contribution in [-0.4, -0.2) is 54.2 Å². The summed E-state index contributed by atoms with van der Waals surface area (Å²) in [5.41, 5.74) is 5.89. The van der Waals surface area contributed by atoms with E-state index in [0.29, 0.717) is 30.9 Å². The van der Waals surface area contributed by atoms with Gasteiger partial charge in [0, 0.05) is 38.3 Å². The lowest BCUT2D eigenvalue weighted by atomic mass is 10.1. The molecule has 20 heavy (non-hydrogen) atoms. The number of nitrogens with two attached hydrogens (primary N) is 1. The Kier molecular flexibility index (Phi) is 5.14. The minimum Gasteiger partial charge on any atom is -0.384 e. The molecule has 1 aromatic heterocycles. The van der Waals surface area contributed by atoms with Crippen LogP contribution in [-0.2, 0) is 11.3 Å². The Balaban J connectivity index is 2.13. The maximum absolute atomic E-state index is 5.89. The molecule has 2 N–H and O–H groups in total. The van der Waals surface area contributed by atoms with Gasteiger partial charge in [0.1, 0.15) is 18.2 Å². The lowest BCUT2D eigenvalue weighted by molar-refractivity contribution is 0.128. The molecule has 112 valence electrons. The second kappa shape index (κ2) is 6.85. The molecule has 1 unspecified atom stereocenters. The molecule has 1 aliphatic rings. The van der Waals surface area contributed by atoms with Crippen molar-refractivity contribution in [1.29, 1.82) is 0 Å². The van der Waals surface area contributed by atoms with E-state index < -0.39 is 0 Å². The number of piperazine rings is 1. The molecule has 0 aromatic carbocycles. The van der Waals surface area contributed by atoms with E-state index >= 15 is 0 Å². The second-order valence-electron chi connectivity index (χ2n) is 5.19. The summed E-state index contributed by atoms with van der Waals surface area (Å²) in [7, 11) is 2.18. The molecular weight excluding hydrogens is 254 g/mol. The van der Waals surface area contributed by atoms with Crippen LogP contribution in [0.15, 0.2) is 6.07 Å². The molecule has 0 radical (unpaired) electrons. The molecular formula is C14H25N5O. The number of nitrogen functional groups attached to an aromatic ring is 1. The van der Waals surface area contributed by atoms with Crippen molar-refractivity contribution in [2.45, 2.75) is 32.9 Å². The van der Waals surface area contributed by atoms with Crippen LogP contribution in [0.1, 0.15) is 26.1 Å². The third-order valence-corrected chi connectivity index (χ3v) is 3.79. The first kappa shape index (κ1) is 15.0. The first-order chi connectivity index (χ1) is 9.63. The highest BCUT2D eigenvalue weighted by atomic mass is 16.5. The van der Waals surface area contributed by atoms with Crippen molar-refractivity contribution in [1.82, 2.24) is 14.9 Å². The van der Waals surface area contributed by atoms with E-state index in [2.05, 4.69) is 33.7 Å². The predicted octanol–water partition coefficient (Wildman–Crippen LogP) is 1.13. The molecule has 0 saturated carbocycles. The van der Waals surface area contributed by atoms with Gasteiger partial charge in [0.25, 0.3) is 0 Å². The van der Waals surface area contributed by atoms with Crippen LogP contribution in [0.5, 0.6) is 0 Å². The van der Waals surface area contributed by atoms with Gasteiger partial charge in [-0.25, -0.2) is 9.97 Å². The van der Waals surface area contributed by atoms with E-state index in [1.54, 1.807) is 0 Å². The van der Waals surface area contributed by atoms with Gasteiger partial charge in [0.15, 0.2) is 5.82 Å². The lowest BCUT2D eigenvalue weighted by Gasteiger charge is -2.39. The summed E-state index contributed by atoms with van der Waals surface area (Å²) in [6.45, 7) is 8.25. The standard InChI is InChI=1S/C14H25N5O/c1-4-11-9-19(7-6-18(11)3)14-8-12(15)16-13(17-14)10-20-5-2/h8,11H,4-7,9-10H2,1-3H3,(H2,15,16,17). The van der Waals surface area contributed by atoms with Gasteiger partial charge in [0.05, 0.1) is 0 Å². The fourth-order valence-corrected chi connectivity index (χ4v) is 2.52. The second-order valence-corrected chi connectivity index (χ2v) is 5.19. The van der Waals surface area contributed by atoms with Gasteiger partial charge in [-0.15, -0.1) is 0 Å². The summed E-state index contributed by atoms with van der Waals surface area (Å²) in [5, 5.41) is 0. The van der Waals surface area contributed by atoms with Crippen LogP contribution in [0.4, 0.5) is 11.6 Å². The van der Waals surface area contributed by atoms with Crippen molar-refractivity contribution < 1.29 is 4.74 Å². The third kappa shape index (κ3) is 3.58. The molecule has 2 rings (SSSR count). The van der Waals surface area contributed by atoms with Gasteiger partial charge in [0.2, 0.25) is 0 Å². The van der Waals surface area contributed by atoms with E-state index in [9.17, 15) is 0 Å². The molecule has 1 aromatic rings. The van der Waals surface area contributed by atoms with Crippen molar-refractivity contribution in [3.8, 4) is 0 Å². The van der Waals surface area contributed by atoms with E-state index in [1.165, 1.54) is 0 Å². The van der Waals surface area contributed by atoms with Gasteiger partial charge < -0.3 is 15.4 Å². The third-order valence-electron chi connectivity index (χ3n) is 3.79. The van der Waals surface area contributed by atoms with Crippen LogP contribution in [0.3, 0.4) is 0 Å². The molecule has 1 atom stereocenters. The normalized spacial score (nSPS) is 20.4. The van der Waals surface area contributed by atoms with E-state index in [0.717, 1.165) is 31.9 Å². The zero-order valence-electron chi connectivity index (χ0n) is 12.7. The molecule has 1 saturated heterocycles. The number of ether oxygens (including phenoxy) is 1. The predicted molar refractivity (Wildman–Crippen MR) is 80.7 cm³/mol. The van der Waals surface area contributed by atoms with Crippen LogP contribution < -0.4 is 10.6 Å². The number of nitrogens with zero attached hydrogens (tertiary/aromatic N) is 4. The number of rotatable bonds is 5. The number of hydrogen-bond acceptors (Lipinski definition) is 6. The topological polar surface area (TPSA) is 67.5 Å². The monoisotopic (exact) mass is 279 g/mol. The molecule has 0 aliphatic carbocycles. The van der Waals surface area contributed by atoms with Crippen LogP contribution in [0.25, 0.3) is 0 Å². The minimum absolute atomic E-state index is 0.416. The molecule has 6 heteroatoms. The summed E-state index contributed by atoms with van der Waals surface area (Å²) in [5.74, 6) is 2.09. The van der Waals surface area contributed by atoms with E-state index in [-0.39, 0.29) is 0 Å². The molecule has 0 bridgehead atoms. The lowest BCUT2D eigenvalue weighted by Crippen LogP contribution is -2.51. The molecule has 1 fully saturated rings. The maximum Gasteiger partial charge on any atom is 0.158 e. The average molecular weight is 279 g/mol. The molecule has 2 heterocycles. The van der Waals surface area contributed by atoms with Gasteiger partial charge in [-0.1, -0.05) is 6.92 Å². The number of aromatic nitrogens is 2. The van der Waals surface area contributed by atoms with Gasteiger partial charge in [-0.2, -0.15) is 0 Å². The fraction of sp³-hybridized carbons (Fsp3) is 0.714. The van der Waals surface area contributed by atoms with Crippen molar-refractivity contribution >= 4 is 11.6 Å². The number of likely N-dealkylation sites (N-methyl/N-ethyl adjacent to an activating group) is 1. The summed E-state index contributed by atoms with van der Waals surface area (Å²) in [6.07, 6.45) is 1.14. The fourth-order valence-electron chi connectivity index (χ4n) is 2.52. The van der Waals surface area contributed by atoms with Gasteiger partial charge in [-0.05, 0) is 20.4 Å². The highest BCUT2D eigenvalue weighted by Gasteiger charge is 2.24. The number of hydrogen-bond donors (Lipinski definition) is 1. The Labute approximate surface area is 120 Å². The van der Waals surface area contributed by atoms with Crippen molar-refractivity contribution in [2.75, 3.05) is 43.9 Å². The first-order valence-corrected chi connectivity index (χ1v) is 7.30. The maximum atomic E-state index is 5.89.